The minimum absolute atomic E-state index is 0.0571. The van der Waals surface area contributed by atoms with E-state index in [-0.39, 0.29) is 12.5 Å². The lowest BCUT2D eigenvalue weighted by atomic mass is 9.86. The normalized spacial score (nSPS) is 16.0. The maximum atomic E-state index is 12.2. The van der Waals surface area contributed by atoms with Gasteiger partial charge in [-0.1, -0.05) is 18.2 Å². The number of fused-ring (bicyclic) bond motifs is 2. The number of rotatable bonds is 9. The zero-order chi connectivity index (χ0) is 24.5. The average Bonchev–Trinajstić information content (AvgIpc) is 3.05. The highest BCUT2D eigenvalue weighted by Gasteiger charge is 2.38. The Labute approximate surface area is 201 Å². The number of nitrogens with one attached hydrogen (secondary N) is 1. The topological polar surface area (TPSA) is 94.1 Å². The zero-order valence-electron chi connectivity index (χ0n) is 19.7. The van der Waals surface area contributed by atoms with Crippen molar-refractivity contribution in [3.05, 3.63) is 59.7 Å². The van der Waals surface area contributed by atoms with E-state index in [1.54, 1.807) is 26.4 Å². The molecule has 0 saturated heterocycles. The van der Waals surface area contributed by atoms with Crippen molar-refractivity contribution in [3.63, 3.8) is 0 Å². The van der Waals surface area contributed by atoms with E-state index in [4.69, 9.17) is 14.2 Å². The molecule has 1 aliphatic heterocycles. The molecule has 0 aromatic heterocycles. The van der Waals surface area contributed by atoms with Gasteiger partial charge in [-0.05, 0) is 78.9 Å². The molecular formula is C26H29NO6S. The van der Waals surface area contributed by atoms with E-state index in [0.29, 0.717) is 30.1 Å². The van der Waals surface area contributed by atoms with Gasteiger partial charge in [-0.2, -0.15) is 0 Å². The van der Waals surface area contributed by atoms with Crippen LogP contribution in [-0.4, -0.2) is 40.7 Å². The summed E-state index contributed by atoms with van der Waals surface area (Å²) in [6.45, 7) is 3.81. The molecule has 34 heavy (non-hydrogen) atoms. The van der Waals surface area contributed by atoms with E-state index >= 15 is 0 Å². The molecule has 1 amide bonds. The molecule has 3 aromatic rings. The Balaban J connectivity index is 1.48. The van der Waals surface area contributed by atoms with Gasteiger partial charge < -0.3 is 24.1 Å². The zero-order valence-corrected chi connectivity index (χ0v) is 20.5. The van der Waals surface area contributed by atoms with E-state index < -0.39 is 21.7 Å². The third-order valence-corrected chi connectivity index (χ3v) is 7.35. The van der Waals surface area contributed by atoms with Crippen molar-refractivity contribution in [1.82, 2.24) is 0 Å². The van der Waals surface area contributed by atoms with Gasteiger partial charge in [-0.15, -0.1) is 0 Å². The summed E-state index contributed by atoms with van der Waals surface area (Å²) >= 11 is -2.05. The number of benzene rings is 3. The molecule has 180 valence electrons. The Morgan fingerprint density at radius 2 is 1.79 bits per heavy atom. The lowest BCUT2D eigenvalue weighted by molar-refractivity contribution is -0.119. The molecule has 1 aliphatic rings. The van der Waals surface area contributed by atoms with E-state index in [1.165, 1.54) is 0 Å². The quantitative estimate of drug-likeness (QED) is 0.429. The van der Waals surface area contributed by atoms with Crippen LogP contribution in [0.25, 0.3) is 10.8 Å². The largest absolute Gasteiger partial charge is 0.493 e. The smallest absolute Gasteiger partial charge is 0.234 e. The summed E-state index contributed by atoms with van der Waals surface area (Å²) in [4.78, 5) is 12.2. The van der Waals surface area contributed by atoms with E-state index in [2.05, 4.69) is 5.32 Å². The third kappa shape index (κ3) is 4.60. The van der Waals surface area contributed by atoms with Crippen molar-refractivity contribution in [2.24, 2.45) is 0 Å². The van der Waals surface area contributed by atoms with Crippen molar-refractivity contribution in [3.8, 4) is 17.2 Å². The molecule has 4 rings (SSSR count). The molecule has 3 aromatic carbocycles. The summed E-state index contributed by atoms with van der Waals surface area (Å²) in [5.41, 5.74) is 2.04. The summed E-state index contributed by atoms with van der Waals surface area (Å²) in [6, 6.07) is 15.2. The molecule has 8 heteroatoms. The highest BCUT2D eigenvalue weighted by molar-refractivity contribution is 7.79. The van der Waals surface area contributed by atoms with Crippen LogP contribution in [0.4, 0.5) is 5.69 Å². The standard InChI is InChI=1S/C26H29NO6S/c1-26(2)21-13-18(9-11-22(21)27-25(26)28)33-15-19(34(29)30)10-8-16-6-5-7-17-12-23(31-3)24(32-4)14-20(16)17/h5-7,9,11-14,19H,8,10,15H2,1-4H3,(H,27,28)(H,29,30). The van der Waals surface area contributed by atoms with Crippen molar-refractivity contribution >= 4 is 33.4 Å². The average molecular weight is 484 g/mol. The number of hydrogen-bond acceptors (Lipinski definition) is 5. The predicted molar refractivity (Wildman–Crippen MR) is 134 cm³/mol. The Bertz CT molecular complexity index is 1260. The van der Waals surface area contributed by atoms with Crippen LogP contribution in [0.1, 0.15) is 31.4 Å². The molecule has 0 saturated carbocycles. The number of carbonyl (C=O) groups excluding carboxylic acids is 1. The number of ether oxygens (including phenoxy) is 3. The molecular weight excluding hydrogens is 454 g/mol. The highest BCUT2D eigenvalue weighted by Crippen LogP contribution is 2.39. The van der Waals surface area contributed by atoms with Crippen LogP contribution < -0.4 is 19.5 Å². The van der Waals surface area contributed by atoms with Crippen LogP contribution in [-0.2, 0) is 27.7 Å². The molecule has 0 spiro atoms. The molecule has 2 atom stereocenters. The molecule has 2 unspecified atom stereocenters. The molecule has 2 N–H and O–H groups in total. The van der Waals surface area contributed by atoms with Gasteiger partial charge >= 0.3 is 0 Å². The van der Waals surface area contributed by atoms with Gasteiger partial charge in [-0.25, -0.2) is 4.21 Å². The summed E-state index contributed by atoms with van der Waals surface area (Å²) in [7, 11) is 3.20. The third-order valence-electron chi connectivity index (χ3n) is 6.41. The van der Waals surface area contributed by atoms with Gasteiger partial charge in [0.1, 0.15) is 12.4 Å². The summed E-state index contributed by atoms with van der Waals surface area (Å²) in [6.07, 6.45) is 1.07. The minimum Gasteiger partial charge on any atom is -0.493 e. The van der Waals surface area contributed by atoms with E-state index in [1.807, 2.05) is 50.2 Å². The second kappa shape index (κ2) is 9.64. The monoisotopic (exact) mass is 483 g/mol. The van der Waals surface area contributed by atoms with Gasteiger partial charge in [-0.3, -0.25) is 4.79 Å². The fourth-order valence-corrected chi connectivity index (χ4v) is 4.78. The maximum absolute atomic E-state index is 12.2. The van der Waals surface area contributed by atoms with Crippen molar-refractivity contribution in [2.45, 2.75) is 37.4 Å². The SMILES string of the molecule is COc1cc2cccc(CCC(COc3ccc4c(c3)C(C)(C)C(=O)N4)S(=O)O)c2cc1OC. The summed E-state index contributed by atoms with van der Waals surface area (Å²) < 4.78 is 38.7. The van der Waals surface area contributed by atoms with Gasteiger partial charge in [0.25, 0.3) is 0 Å². The van der Waals surface area contributed by atoms with Crippen LogP contribution in [0.2, 0.25) is 0 Å². The first kappa shape index (κ1) is 24.0. The van der Waals surface area contributed by atoms with Crippen LogP contribution >= 0.6 is 0 Å². The van der Waals surface area contributed by atoms with Crippen molar-refractivity contribution < 1.29 is 27.8 Å². The Morgan fingerprint density at radius 3 is 2.50 bits per heavy atom. The molecule has 0 bridgehead atoms. The number of anilines is 1. The second-order valence-electron chi connectivity index (χ2n) is 8.88. The fraction of sp³-hybridized carbons (Fsp3) is 0.346. The van der Waals surface area contributed by atoms with Crippen LogP contribution in [0.3, 0.4) is 0 Å². The van der Waals surface area contributed by atoms with Crippen LogP contribution in [0, 0.1) is 0 Å². The lowest BCUT2D eigenvalue weighted by Gasteiger charge is -2.18. The first-order chi connectivity index (χ1) is 16.2. The van der Waals surface area contributed by atoms with Gasteiger partial charge in [0, 0.05) is 5.69 Å². The molecule has 1 heterocycles. The number of amides is 1. The minimum atomic E-state index is -2.05. The summed E-state index contributed by atoms with van der Waals surface area (Å²) in [5.74, 6) is 1.81. The summed E-state index contributed by atoms with van der Waals surface area (Å²) in [5, 5.41) is 4.32. The van der Waals surface area contributed by atoms with Gasteiger partial charge in [0.05, 0.1) is 24.9 Å². The van der Waals surface area contributed by atoms with Gasteiger partial charge in [0.15, 0.2) is 22.6 Å². The van der Waals surface area contributed by atoms with Crippen molar-refractivity contribution in [2.75, 3.05) is 26.1 Å². The number of carbonyl (C=O) groups is 1. The first-order valence-electron chi connectivity index (χ1n) is 11.1. The Hall–Kier alpha value is -3.10. The second-order valence-corrected chi connectivity index (χ2v) is 10.1. The fourth-order valence-electron chi connectivity index (χ4n) is 4.27. The van der Waals surface area contributed by atoms with Gasteiger partial charge in [0.2, 0.25) is 5.91 Å². The number of methoxy groups -OCH3 is 2. The maximum Gasteiger partial charge on any atom is 0.234 e. The number of aryl methyl sites for hydroxylation is 1. The highest BCUT2D eigenvalue weighted by atomic mass is 32.2. The van der Waals surface area contributed by atoms with Crippen LogP contribution in [0.15, 0.2) is 48.5 Å². The molecule has 0 fully saturated rings. The van der Waals surface area contributed by atoms with E-state index in [0.717, 1.165) is 27.6 Å². The molecule has 0 radical (unpaired) electrons. The molecule has 0 aliphatic carbocycles. The Kier molecular flexibility index (Phi) is 6.81. The lowest BCUT2D eigenvalue weighted by Crippen LogP contribution is -2.27. The van der Waals surface area contributed by atoms with Crippen LogP contribution in [0.5, 0.6) is 17.2 Å². The number of hydrogen-bond donors (Lipinski definition) is 2. The predicted octanol–water partition coefficient (Wildman–Crippen LogP) is 4.69. The molecule has 7 nitrogen and oxygen atoms in total. The first-order valence-corrected chi connectivity index (χ1v) is 12.2. The Morgan fingerprint density at radius 1 is 1.06 bits per heavy atom. The van der Waals surface area contributed by atoms with E-state index in [9.17, 15) is 13.6 Å². The van der Waals surface area contributed by atoms with Crippen molar-refractivity contribution in [1.29, 1.82) is 0 Å².